The molecule has 0 aliphatic carbocycles. The quantitative estimate of drug-likeness (QED) is 0.884. The molecule has 1 amide bonds. The number of benzene rings is 1. The highest BCUT2D eigenvalue weighted by Crippen LogP contribution is 2.19. The Morgan fingerprint density at radius 2 is 1.90 bits per heavy atom. The smallest absolute Gasteiger partial charge is 0.254 e. The van der Waals surface area contributed by atoms with Crippen LogP contribution in [-0.2, 0) is 10.0 Å². The first kappa shape index (κ1) is 15.6. The molecule has 0 saturated carbocycles. The van der Waals surface area contributed by atoms with Crippen LogP contribution in [0.3, 0.4) is 0 Å². The fourth-order valence-electron chi connectivity index (χ4n) is 2.02. The van der Waals surface area contributed by atoms with Crippen molar-refractivity contribution in [3.05, 3.63) is 47.4 Å². The first-order valence-corrected chi connectivity index (χ1v) is 7.73. The minimum Gasteiger partial charge on any atom is -0.338 e. The lowest BCUT2D eigenvalue weighted by Crippen LogP contribution is -2.53. The number of sulfonamides is 1. The molecule has 1 fully saturated rings. The number of likely N-dealkylation sites (tertiary alicyclic amines) is 1. The molecule has 1 aliphatic heterocycles. The Morgan fingerprint density at radius 1 is 1.33 bits per heavy atom. The molecule has 0 bridgehead atoms. The normalized spacial score (nSPS) is 15.6. The van der Waals surface area contributed by atoms with Gasteiger partial charge in [-0.15, -0.1) is 0 Å². The van der Waals surface area contributed by atoms with E-state index in [2.05, 4.69) is 11.3 Å². The summed E-state index contributed by atoms with van der Waals surface area (Å²) in [7, 11) is -3.48. The van der Waals surface area contributed by atoms with Gasteiger partial charge in [-0.1, -0.05) is 6.58 Å². The molecule has 0 unspecified atom stereocenters. The van der Waals surface area contributed by atoms with Crippen molar-refractivity contribution in [1.82, 2.24) is 9.62 Å². The zero-order chi connectivity index (χ0) is 15.6. The number of nitrogens with one attached hydrogen (secondary N) is 1. The molecule has 21 heavy (non-hydrogen) atoms. The van der Waals surface area contributed by atoms with Crippen molar-refractivity contribution in [3.63, 3.8) is 0 Å². The highest BCUT2D eigenvalue weighted by Gasteiger charge is 2.31. The van der Waals surface area contributed by atoms with Gasteiger partial charge < -0.3 is 4.90 Å². The van der Waals surface area contributed by atoms with Gasteiger partial charge in [0.25, 0.3) is 5.91 Å². The maximum atomic E-state index is 13.0. The summed E-state index contributed by atoms with van der Waals surface area (Å²) in [5, 5.41) is 0.810. The Hall–Kier alpha value is -1.80. The molecule has 1 aromatic carbocycles. The van der Waals surface area contributed by atoms with Gasteiger partial charge in [-0.05, 0) is 12.1 Å². The van der Waals surface area contributed by atoms with Crippen LogP contribution in [-0.4, -0.2) is 38.9 Å². The Balaban J connectivity index is 1.89. The molecule has 1 aromatic rings. The lowest BCUT2D eigenvalue weighted by Gasteiger charge is -2.39. The standard InChI is InChI=1S/C13H14F2N2O3S/c1-2-21(19,20)16-6-9-7-17(8-9)13(18)10-3-11(14)5-12(15)4-10/h2-5,9,16H,1,6-8H2. The maximum Gasteiger partial charge on any atom is 0.254 e. The van der Waals surface area contributed by atoms with E-state index in [0.717, 1.165) is 17.5 Å². The van der Waals surface area contributed by atoms with Crippen LogP contribution in [0, 0.1) is 17.6 Å². The average molecular weight is 316 g/mol. The molecule has 0 aromatic heterocycles. The SMILES string of the molecule is C=CS(=O)(=O)NCC1CN(C(=O)c2cc(F)cc(F)c2)C1. The van der Waals surface area contributed by atoms with E-state index in [0.29, 0.717) is 19.2 Å². The van der Waals surface area contributed by atoms with E-state index in [1.807, 2.05) is 0 Å². The summed E-state index contributed by atoms with van der Waals surface area (Å²) >= 11 is 0. The summed E-state index contributed by atoms with van der Waals surface area (Å²) in [6, 6.07) is 2.64. The molecule has 5 nitrogen and oxygen atoms in total. The van der Waals surface area contributed by atoms with Crippen LogP contribution in [0.1, 0.15) is 10.4 Å². The molecular weight excluding hydrogens is 302 g/mol. The molecule has 1 aliphatic rings. The third kappa shape index (κ3) is 3.85. The van der Waals surface area contributed by atoms with Crippen molar-refractivity contribution < 1.29 is 22.0 Å². The number of halogens is 2. The van der Waals surface area contributed by atoms with E-state index in [-0.39, 0.29) is 18.0 Å². The number of carbonyl (C=O) groups is 1. The van der Waals surface area contributed by atoms with Crippen molar-refractivity contribution in [2.45, 2.75) is 0 Å². The predicted molar refractivity (Wildman–Crippen MR) is 72.9 cm³/mol. The maximum absolute atomic E-state index is 13.0. The van der Waals surface area contributed by atoms with Gasteiger partial charge in [0.2, 0.25) is 10.0 Å². The summed E-state index contributed by atoms with van der Waals surface area (Å²) in [6.07, 6.45) is 0. The van der Waals surface area contributed by atoms with Crippen LogP contribution in [0.15, 0.2) is 30.2 Å². The monoisotopic (exact) mass is 316 g/mol. The zero-order valence-electron chi connectivity index (χ0n) is 11.1. The van der Waals surface area contributed by atoms with Gasteiger partial charge in [-0.3, -0.25) is 4.79 Å². The molecule has 114 valence electrons. The van der Waals surface area contributed by atoms with Crippen LogP contribution < -0.4 is 4.72 Å². The molecule has 1 N–H and O–H groups in total. The van der Waals surface area contributed by atoms with Crippen LogP contribution in [0.5, 0.6) is 0 Å². The van der Waals surface area contributed by atoms with Crippen LogP contribution >= 0.6 is 0 Å². The van der Waals surface area contributed by atoms with Crippen molar-refractivity contribution in [2.75, 3.05) is 19.6 Å². The highest BCUT2D eigenvalue weighted by atomic mass is 32.2. The van der Waals surface area contributed by atoms with Gasteiger partial charge in [0, 0.05) is 42.6 Å². The van der Waals surface area contributed by atoms with E-state index in [1.54, 1.807) is 0 Å². The third-order valence-corrected chi connectivity index (χ3v) is 4.15. The lowest BCUT2D eigenvalue weighted by atomic mass is 9.99. The number of rotatable bonds is 5. The highest BCUT2D eigenvalue weighted by molar-refractivity contribution is 7.92. The number of hydrogen-bond acceptors (Lipinski definition) is 3. The van der Waals surface area contributed by atoms with Crippen molar-refractivity contribution in [1.29, 1.82) is 0 Å². The summed E-state index contributed by atoms with van der Waals surface area (Å²) in [4.78, 5) is 13.4. The summed E-state index contributed by atoms with van der Waals surface area (Å²) in [5.74, 6) is -2.12. The predicted octanol–water partition coefficient (Wildman–Crippen LogP) is 1.10. The minimum atomic E-state index is -3.48. The Bertz CT molecular complexity index is 650. The van der Waals surface area contributed by atoms with Gasteiger partial charge >= 0.3 is 0 Å². The molecule has 0 atom stereocenters. The van der Waals surface area contributed by atoms with E-state index in [4.69, 9.17) is 0 Å². The molecule has 1 saturated heterocycles. The van der Waals surface area contributed by atoms with Crippen molar-refractivity contribution >= 4 is 15.9 Å². The van der Waals surface area contributed by atoms with Gasteiger partial charge in [-0.2, -0.15) is 0 Å². The van der Waals surface area contributed by atoms with Crippen LogP contribution in [0.2, 0.25) is 0 Å². The van der Waals surface area contributed by atoms with Gasteiger partial charge in [0.1, 0.15) is 11.6 Å². The van der Waals surface area contributed by atoms with Crippen LogP contribution in [0.4, 0.5) is 8.78 Å². The zero-order valence-corrected chi connectivity index (χ0v) is 11.9. The first-order valence-electron chi connectivity index (χ1n) is 6.18. The first-order chi connectivity index (χ1) is 9.80. The van der Waals surface area contributed by atoms with Gasteiger partial charge in [-0.25, -0.2) is 21.9 Å². The van der Waals surface area contributed by atoms with Crippen molar-refractivity contribution in [3.8, 4) is 0 Å². The summed E-state index contributed by atoms with van der Waals surface area (Å²) < 4.78 is 50.7. The van der Waals surface area contributed by atoms with Crippen molar-refractivity contribution in [2.24, 2.45) is 5.92 Å². The summed E-state index contributed by atoms with van der Waals surface area (Å²) in [6.45, 7) is 4.02. The minimum absolute atomic E-state index is 0.0259. The van der Waals surface area contributed by atoms with E-state index < -0.39 is 27.6 Å². The van der Waals surface area contributed by atoms with Gasteiger partial charge in [0.15, 0.2) is 0 Å². The molecule has 2 rings (SSSR count). The Labute approximate surface area is 121 Å². The lowest BCUT2D eigenvalue weighted by molar-refractivity contribution is 0.0509. The number of hydrogen-bond donors (Lipinski definition) is 1. The van der Waals surface area contributed by atoms with Crippen LogP contribution in [0.25, 0.3) is 0 Å². The molecular formula is C13H14F2N2O3S. The van der Waals surface area contributed by atoms with E-state index in [9.17, 15) is 22.0 Å². The molecule has 1 heterocycles. The van der Waals surface area contributed by atoms with E-state index >= 15 is 0 Å². The number of amides is 1. The molecule has 0 spiro atoms. The number of carbonyl (C=O) groups excluding carboxylic acids is 1. The third-order valence-electron chi connectivity index (χ3n) is 3.15. The fraction of sp³-hybridized carbons (Fsp3) is 0.308. The summed E-state index contributed by atoms with van der Waals surface area (Å²) in [5.41, 5.74) is -0.0578. The van der Waals surface area contributed by atoms with Gasteiger partial charge in [0.05, 0.1) is 0 Å². The molecule has 0 radical (unpaired) electrons. The average Bonchev–Trinajstić information content (AvgIpc) is 2.35. The largest absolute Gasteiger partial charge is 0.338 e. The second-order valence-electron chi connectivity index (χ2n) is 4.79. The second-order valence-corrected chi connectivity index (χ2v) is 6.51. The molecule has 8 heteroatoms. The topological polar surface area (TPSA) is 66.5 Å². The fourth-order valence-corrected chi connectivity index (χ4v) is 2.60. The number of nitrogens with zero attached hydrogens (tertiary/aromatic N) is 1. The second kappa shape index (κ2) is 5.90. The Kier molecular flexibility index (Phi) is 4.38. The van der Waals surface area contributed by atoms with E-state index in [1.165, 1.54) is 4.90 Å². The Morgan fingerprint density at radius 3 is 2.43 bits per heavy atom.